The Labute approximate surface area is 165 Å². The zero-order valence-corrected chi connectivity index (χ0v) is 16.6. The maximum Gasteiger partial charge on any atom is 0.225 e. The summed E-state index contributed by atoms with van der Waals surface area (Å²) >= 11 is 6.07. The Bertz CT molecular complexity index is 896. The zero-order valence-electron chi connectivity index (χ0n) is 15.8. The summed E-state index contributed by atoms with van der Waals surface area (Å²) in [4.78, 5) is 11.4. The summed E-state index contributed by atoms with van der Waals surface area (Å²) in [5.41, 5.74) is 3.94. The molecule has 0 atom stereocenters. The van der Waals surface area contributed by atoms with Gasteiger partial charge in [-0.3, -0.25) is 0 Å². The van der Waals surface area contributed by atoms with Gasteiger partial charge in [-0.05, 0) is 44.8 Å². The van der Waals surface area contributed by atoms with E-state index in [9.17, 15) is 0 Å². The monoisotopic (exact) mass is 381 g/mol. The highest BCUT2D eigenvalue weighted by Crippen LogP contribution is 2.26. The summed E-state index contributed by atoms with van der Waals surface area (Å²) < 4.78 is 0. The van der Waals surface area contributed by atoms with Crippen molar-refractivity contribution in [2.75, 3.05) is 37.8 Å². The number of hydrogen-bond donors (Lipinski definition) is 2. The van der Waals surface area contributed by atoms with Crippen LogP contribution in [0.5, 0.6) is 0 Å². The lowest BCUT2D eigenvalue weighted by Gasteiger charge is -2.14. The molecule has 0 aliphatic rings. The second-order valence-corrected chi connectivity index (χ2v) is 7.08. The molecule has 3 rings (SSSR count). The molecular formula is C21H24ClN5. The molecule has 3 aromatic rings. The van der Waals surface area contributed by atoms with Gasteiger partial charge in [-0.2, -0.15) is 4.98 Å². The number of likely N-dealkylation sites (N-methyl/N-ethyl adjacent to an activating group) is 1. The quantitative estimate of drug-likeness (QED) is 0.614. The van der Waals surface area contributed by atoms with Crippen molar-refractivity contribution in [3.8, 4) is 11.3 Å². The van der Waals surface area contributed by atoms with Crippen molar-refractivity contribution in [1.29, 1.82) is 0 Å². The van der Waals surface area contributed by atoms with Crippen LogP contribution in [0.3, 0.4) is 0 Å². The Kier molecular flexibility index (Phi) is 6.27. The predicted octanol–water partition coefficient (Wildman–Crippen LogP) is 4.82. The van der Waals surface area contributed by atoms with Gasteiger partial charge in [-0.15, -0.1) is 0 Å². The summed E-state index contributed by atoms with van der Waals surface area (Å²) in [5, 5.41) is 7.42. The maximum absolute atomic E-state index is 6.07. The second kappa shape index (κ2) is 8.84. The highest BCUT2D eigenvalue weighted by atomic mass is 35.5. The van der Waals surface area contributed by atoms with E-state index in [-0.39, 0.29) is 0 Å². The first kappa shape index (κ1) is 19.1. The van der Waals surface area contributed by atoms with Gasteiger partial charge in [0.2, 0.25) is 5.95 Å². The molecule has 2 N–H and O–H groups in total. The van der Waals surface area contributed by atoms with Crippen molar-refractivity contribution in [2.45, 2.75) is 6.92 Å². The van der Waals surface area contributed by atoms with E-state index in [1.54, 1.807) is 0 Å². The van der Waals surface area contributed by atoms with Crippen LogP contribution in [-0.2, 0) is 0 Å². The Balaban J connectivity index is 1.91. The molecule has 140 valence electrons. The molecule has 27 heavy (non-hydrogen) atoms. The van der Waals surface area contributed by atoms with Gasteiger partial charge in [0, 0.05) is 35.4 Å². The number of anilines is 3. The van der Waals surface area contributed by atoms with E-state index < -0.39 is 0 Å². The number of halogens is 1. The number of aryl methyl sites for hydroxylation is 1. The smallest absolute Gasteiger partial charge is 0.225 e. The average Bonchev–Trinajstić information content (AvgIpc) is 2.64. The third kappa shape index (κ3) is 5.42. The van der Waals surface area contributed by atoms with Crippen molar-refractivity contribution in [1.82, 2.24) is 14.9 Å². The summed E-state index contributed by atoms with van der Waals surface area (Å²) in [6.07, 6.45) is 0. The Morgan fingerprint density at radius 1 is 1.00 bits per heavy atom. The minimum absolute atomic E-state index is 0.604. The van der Waals surface area contributed by atoms with Gasteiger partial charge in [0.25, 0.3) is 0 Å². The first-order valence-electron chi connectivity index (χ1n) is 8.87. The third-order valence-corrected chi connectivity index (χ3v) is 4.32. The average molecular weight is 382 g/mol. The van der Waals surface area contributed by atoms with E-state index in [4.69, 9.17) is 11.6 Å². The topological polar surface area (TPSA) is 53.1 Å². The van der Waals surface area contributed by atoms with Crippen molar-refractivity contribution >= 4 is 29.1 Å². The van der Waals surface area contributed by atoms with E-state index in [1.165, 1.54) is 0 Å². The molecule has 2 aromatic carbocycles. The minimum Gasteiger partial charge on any atom is -0.353 e. The van der Waals surface area contributed by atoms with Crippen molar-refractivity contribution in [3.05, 3.63) is 65.2 Å². The molecule has 0 amide bonds. The molecule has 0 bridgehead atoms. The van der Waals surface area contributed by atoms with E-state index in [0.29, 0.717) is 5.95 Å². The van der Waals surface area contributed by atoms with Crippen LogP contribution in [0, 0.1) is 6.92 Å². The van der Waals surface area contributed by atoms with Gasteiger partial charge < -0.3 is 15.5 Å². The predicted molar refractivity (Wildman–Crippen MR) is 114 cm³/mol. The highest BCUT2D eigenvalue weighted by molar-refractivity contribution is 6.30. The van der Waals surface area contributed by atoms with E-state index in [2.05, 4.69) is 25.5 Å². The van der Waals surface area contributed by atoms with E-state index in [0.717, 1.165) is 46.4 Å². The number of benzene rings is 2. The molecule has 5 nitrogen and oxygen atoms in total. The van der Waals surface area contributed by atoms with Crippen LogP contribution in [-0.4, -0.2) is 42.1 Å². The number of aromatic nitrogens is 2. The molecule has 0 fully saturated rings. The molecule has 1 aromatic heterocycles. The summed E-state index contributed by atoms with van der Waals surface area (Å²) in [7, 11) is 4.08. The summed E-state index contributed by atoms with van der Waals surface area (Å²) in [5.74, 6) is 1.34. The SMILES string of the molecule is Cc1cc(Cl)ccc1Nc1cc(-c2ccccc2)nc(NCCN(C)C)n1. The third-order valence-electron chi connectivity index (χ3n) is 4.09. The standard InChI is InChI=1S/C21H24ClN5/c1-15-13-17(22)9-10-18(15)24-20-14-19(16-7-5-4-6-8-16)25-21(26-20)23-11-12-27(2)3/h4-10,13-14H,11-12H2,1-3H3,(H2,23,24,25,26). The lowest BCUT2D eigenvalue weighted by Crippen LogP contribution is -2.21. The summed E-state index contributed by atoms with van der Waals surface area (Å²) in [6.45, 7) is 3.69. The van der Waals surface area contributed by atoms with Gasteiger partial charge in [0.15, 0.2) is 0 Å². The molecule has 1 heterocycles. The maximum atomic E-state index is 6.07. The second-order valence-electron chi connectivity index (χ2n) is 6.64. The van der Waals surface area contributed by atoms with Gasteiger partial charge >= 0.3 is 0 Å². The molecule has 0 aliphatic carbocycles. The van der Waals surface area contributed by atoms with Crippen LogP contribution >= 0.6 is 11.6 Å². The van der Waals surface area contributed by atoms with Crippen LogP contribution in [0.15, 0.2) is 54.6 Å². The van der Waals surface area contributed by atoms with Gasteiger partial charge in [-0.25, -0.2) is 4.98 Å². The zero-order chi connectivity index (χ0) is 19.2. The number of nitrogens with one attached hydrogen (secondary N) is 2. The Morgan fingerprint density at radius 3 is 2.48 bits per heavy atom. The first-order valence-corrected chi connectivity index (χ1v) is 9.25. The number of rotatable bonds is 7. The van der Waals surface area contributed by atoms with Crippen LogP contribution in [0.4, 0.5) is 17.5 Å². The van der Waals surface area contributed by atoms with Gasteiger partial charge in [-0.1, -0.05) is 41.9 Å². The van der Waals surface area contributed by atoms with Crippen molar-refractivity contribution in [2.24, 2.45) is 0 Å². The fourth-order valence-corrected chi connectivity index (χ4v) is 2.87. The lowest BCUT2D eigenvalue weighted by atomic mass is 10.1. The summed E-state index contributed by atoms with van der Waals surface area (Å²) in [6, 6.07) is 17.8. The first-order chi connectivity index (χ1) is 13.0. The van der Waals surface area contributed by atoms with Crippen molar-refractivity contribution < 1.29 is 0 Å². The minimum atomic E-state index is 0.604. The van der Waals surface area contributed by atoms with Crippen LogP contribution in [0.25, 0.3) is 11.3 Å². The molecule has 6 heteroatoms. The molecule has 0 saturated heterocycles. The molecule has 0 aliphatic heterocycles. The van der Waals surface area contributed by atoms with Crippen LogP contribution < -0.4 is 10.6 Å². The van der Waals surface area contributed by atoms with Gasteiger partial charge in [0.05, 0.1) is 5.69 Å². The normalized spacial score (nSPS) is 10.9. The van der Waals surface area contributed by atoms with Gasteiger partial charge in [0.1, 0.15) is 5.82 Å². The molecule has 0 saturated carbocycles. The lowest BCUT2D eigenvalue weighted by molar-refractivity contribution is 0.425. The van der Waals surface area contributed by atoms with E-state index >= 15 is 0 Å². The molecule has 0 radical (unpaired) electrons. The Hall–Kier alpha value is -2.63. The van der Waals surface area contributed by atoms with Crippen molar-refractivity contribution in [3.63, 3.8) is 0 Å². The Morgan fingerprint density at radius 2 is 1.78 bits per heavy atom. The fourth-order valence-electron chi connectivity index (χ4n) is 2.64. The number of hydrogen-bond acceptors (Lipinski definition) is 5. The largest absolute Gasteiger partial charge is 0.353 e. The molecule has 0 unspecified atom stereocenters. The highest BCUT2D eigenvalue weighted by Gasteiger charge is 2.08. The molecular weight excluding hydrogens is 358 g/mol. The fraction of sp³-hybridized carbons (Fsp3) is 0.238. The van der Waals surface area contributed by atoms with Crippen LogP contribution in [0.1, 0.15) is 5.56 Å². The molecule has 0 spiro atoms. The van der Waals surface area contributed by atoms with E-state index in [1.807, 2.05) is 75.6 Å². The number of nitrogens with zero attached hydrogens (tertiary/aromatic N) is 3. The van der Waals surface area contributed by atoms with Crippen LogP contribution in [0.2, 0.25) is 5.02 Å².